The van der Waals surface area contributed by atoms with Crippen LogP contribution in [-0.4, -0.2) is 31.3 Å². The van der Waals surface area contributed by atoms with E-state index < -0.39 is 11.5 Å². The van der Waals surface area contributed by atoms with E-state index in [1.807, 2.05) is 24.3 Å². The van der Waals surface area contributed by atoms with Gasteiger partial charge in [-0.1, -0.05) is 12.1 Å². The van der Waals surface area contributed by atoms with Crippen LogP contribution >= 0.6 is 22.6 Å². The molecule has 1 aromatic carbocycles. The number of aromatic nitrogens is 4. The summed E-state index contributed by atoms with van der Waals surface area (Å²) in [6, 6.07) is 7.58. The summed E-state index contributed by atoms with van der Waals surface area (Å²) in [4.78, 5) is 11.3. The van der Waals surface area contributed by atoms with Gasteiger partial charge in [0.15, 0.2) is 11.4 Å². The number of carbonyl (C=O) groups is 1. The van der Waals surface area contributed by atoms with Gasteiger partial charge in [-0.15, -0.1) is 5.10 Å². The molecule has 0 radical (unpaired) electrons. The molecule has 2 aromatic rings. The van der Waals surface area contributed by atoms with Gasteiger partial charge in [-0.2, -0.15) is 0 Å². The summed E-state index contributed by atoms with van der Waals surface area (Å²) in [6.45, 7) is 3.12. The van der Waals surface area contributed by atoms with Gasteiger partial charge in [0.25, 0.3) is 0 Å². The first-order valence-corrected chi connectivity index (χ1v) is 6.29. The van der Waals surface area contributed by atoms with Crippen molar-refractivity contribution in [3.05, 3.63) is 27.8 Å². The molecular formula is C11H11IN4O2. The van der Waals surface area contributed by atoms with Gasteiger partial charge in [-0.25, -0.2) is 9.48 Å². The van der Waals surface area contributed by atoms with E-state index in [1.165, 1.54) is 4.68 Å². The molecule has 0 atom stereocenters. The second-order valence-corrected chi connectivity index (χ2v) is 5.53. The van der Waals surface area contributed by atoms with E-state index in [-0.39, 0.29) is 0 Å². The number of carboxylic acids is 1. The third-order valence-corrected chi connectivity index (χ3v) is 3.28. The Labute approximate surface area is 117 Å². The summed E-state index contributed by atoms with van der Waals surface area (Å²) >= 11 is 2.18. The Morgan fingerprint density at radius 3 is 2.78 bits per heavy atom. The zero-order chi connectivity index (χ0) is 13.3. The Morgan fingerprint density at radius 2 is 2.17 bits per heavy atom. The fourth-order valence-corrected chi connectivity index (χ4v) is 2.00. The summed E-state index contributed by atoms with van der Waals surface area (Å²) < 4.78 is 2.36. The van der Waals surface area contributed by atoms with Crippen LogP contribution in [0, 0.1) is 3.57 Å². The third-order valence-electron chi connectivity index (χ3n) is 2.61. The Bertz CT molecular complexity index is 594. The van der Waals surface area contributed by atoms with Crippen LogP contribution in [0.25, 0.3) is 11.4 Å². The third kappa shape index (κ3) is 2.22. The fraction of sp³-hybridized carbons (Fsp3) is 0.273. The van der Waals surface area contributed by atoms with Crippen molar-refractivity contribution in [2.24, 2.45) is 0 Å². The zero-order valence-corrected chi connectivity index (χ0v) is 12.0. The van der Waals surface area contributed by atoms with Gasteiger partial charge in [-0.3, -0.25) is 0 Å². The molecule has 1 aromatic heterocycles. The predicted octanol–water partition coefficient (Wildman–Crippen LogP) is 1.76. The minimum absolute atomic E-state index is 0.445. The number of hydrogen-bond acceptors (Lipinski definition) is 4. The minimum atomic E-state index is -1.19. The summed E-state index contributed by atoms with van der Waals surface area (Å²) in [5.41, 5.74) is -0.402. The van der Waals surface area contributed by atoms with Gasteiger partial charge >= 0.3 is 5.97 Å². The lowest BCUT2D eigenvalue weighted by atomic mass is 10.1. The molecule has 1 N–H and O–H groups in total. The van der Waals surface area contributed by atoms with Gasteiger partial charge in [0, 0.05) is 9.13 Å². The Kier molecular flexibility index (Phi) is 3.33. The van der Waals surface area contributed by atoms with Crippen LogP contribution in [0.2, 0.25) is 0 Å². The van der Waals surface area contributed by atoms with Crippen molar-refractivity contribution in [3.8, 4) is 11.4 Å². The average Bonchev–Trinajstić information content (AvgIpc) is 2.78. The maximum atomic E-state index is 11.3. The standard InChI is InChI=1S/C11H11IN4O2/c1-11(2,10(17)18)16-9(13-14-15-16)7-4-3-5-8(12)6-7/h3-6H,1-2H3,(H,17,18). The smallest absolute Gasteiger partial charge is 0.331 e. The molecule has 0 amide bonds. The number of hydrogen-bond donors (Lipinski definition) is 1. The van der Waals surface area contributed by atoms with Crippen LogP contribution in [0.5, 0.6) is 0 Å². The number of rotatable bonds is 3. The molecule has 0 aliphatic heterocycles. The lowest BCUT2D eigenvalue weighted by Crippen LogP contribution is -2.37. The molecule has 94 valence electrons. The topological polar surface area (TPSA) is 80.9 Å². The van der Waals surface area contributed by atoms with Gasteiger partial charge < -0.3 is 5.11 Å². The predicted molar refractivity (Wildman–Crippen MR) is 72.9 cm³/mol. The van der Waals surface area contributed by atoms with E-state index >= 15 is 0 Å². The highest BCUT2D eigenvalue weighted by Crippen LogP contribution is 2.24. The molecule has 0 fully saturated rings. The zero-order valence-electron chi connectivity index (χ0n) is 9.83. The van der Waals surface area contributed by atoms with E-state index in [2.05, 4.69) is 38.1 Å². The normalized spacial score (nSPS) is 11.5. The van der Waals surface area contributed by atoms with Crippen molar-refractivity contribution < 1.29 is 9.90 Å². The summed E-state index contributed by atoms with van der Waals surface area (Å²) in [5, 5.41) is 20.5. The monoisotopic (exact) mass is 358 g/mol. The first-order chi connectivity index (χ1) is 8.43. The van der Waals surface area contributed by atoms with Crippen molar-refractivity contribution in [2.45, 2.75) is 19.4 Å². The van der Waals surface area contributed by atoms with E-state index in [9.17, 15) is 9.90 Å². The van der Waals surface area contributed by atoms with Crippen LogP contribution in [0.15, 0.2) is 24.3 Å². The lowest BCUT2D eigenvalue weighted by Gasteiger charge is -2.20. The van der Waals surface area contributed by atoms with E-state index in [1.54, 1.807) is 13.8 Å². The molecule has 6 nitrogen and oxygen atoms in total. The molecule has 2 rings (SSSR count). The maximum absolute atomic E-state index is 11.3. The van der Waals surface area contributed by atoms with Gasteiger partial charge in [0.1, 0.15) is 0 Å². The molecule has 1 heterocycles. The van der Waals surface area contributed by atoms with Crippen LogP contribution < -0.4 is 0 Å². The summed E-state index contributed by atoms with van der Waals surface area (Å²) in [5.74, 6) is -0.539. The summed E-state index contributed by atoms with van der Waals surface area (Å²) in [6.07, 6.45) is 0. The number of nitrogens with zero attached hydrogens (tertiary/aromatic N) is 4. The van der Waals surface area contributed by atoms with Crippen molar-refractivity contribution in [2.75, 3.05) is 0 Å². The molecule has 0 bridgehead atoms. The molecule has 0 aliphatic carbocycles. The van der Waals surface area contributed by atoms with Crippen LogP contribution in [-0.2, 0) is 10.3 Å². The number of halogens is 1. The first kappa shape index (κ1) is 12.9. The minimum Gasteiger partial charge on any atom is -0.479 e. The molecule has 7 heteroatoms. The highest BCUT2D eigenvalue weighted by molar-refractivity contribution is 14.1. The van der Waals surface area contributed by atoms with Crippen molar-refractivity contribution >= 4 is 28.6 Å². The number of benzene rings is 1. The number of tetrazole rings is 1. The molecule has 0 aliphatic rings. The van der Waals surface area contributed by atoms with Crippen LogP contribution in [0.4, 0.5) is 0 Å². The van der Waals surface area contributed by atoms with Crippen LogP contribution in [0.1, 0.15) is 13.8 Å². The lowest BCUT2D eigenvalue weighted by molar-refractivity contribution is -0.146. The van der Waals surface area contributed by atoms with Crippen LogP contribution in [0.3, 0.4) is 0 Å². The van der Waals surface area contributed by atoms with E-state index in [4.69, 9.17) is 0 Å². The SMILES string of the molecule is CC(C)(C(=O)O)n1nnnc1-c1cccc(I)c1. The number of aliphatic carboxylic acids is 1. The second kappa shape index (κ2) is 4.63. The highest BCUT2D eigenvalue weighted by Gasteiger charge is 2.33. The average molecular weight is 358 g/mol. The maximum Gasteiger partial charge on any atom is 0.331 e. The van der Waals surface area contributed by atoms with E-state index in [0.29, 0.717) is 5.82 Å². The molecule has 0 unspecified atom stereocenters. The molecule has 0 saturated carbocycles. The van der Waals surface area contributed by atoms with Gasteiger partial charge in [0.2, 0.25) is 0 Å². The van der Waals surface area contributed by atoms with Crippen molar-refractivity contribution in [1.82, 2.24) is 20.2 Å². The van der Waals surface area contributed by atoms with E-state index in [0.717, 1.165) is 9.13 Å². The molecular weight excluding hydrogens is 347 g/mol. The first-order valence-electron chi connectivity index (χ1n) is 5.21. The highest BCUT2D eigenvalue weighted by atomic mass is 127. The second-order valence-electron chi connectivity index (χ2n) is 4.29. The molecule has 0 spiro atoms. The number of carboxylic acid groups (broad SMARTS) is 1. The Morgan fingerprint density at radius 1 is 1.44 bits per heavy atom. The Balaban J connectivity index is 2.55. The largest absolute Gasteiger partial charge is 0.479 e. The van der Waals surface area contributed by atoms with Crippen molar-refractivity contribution in [3.63, 3.8) is 0 Å². The van der Waals surface area contributed by atoms with Gasteiger partial charge in [0.05, 0.1) is 0 Å². The summed E-state index contributed by atoms with van der Waals surface area (Å²) in [7, 11) is 0. The molecule has 18 heavy (non-hydrogen) atoms. The molecule has 0 saturated heterocycles. The van der Waals surface area contributed by atoms with Crippen molar-refractivity contribution in [1.29, 1.82) is 0 Å². The van der Waals surface area contributed by atoms with Gasteiger partial charge in [-0.05, 0) is 59.0 Å². The fourth-order valence-electron chi connectivity index (χ4n) is 1.46. The quantitative estimate of drug-likeness (QED) is 0.846. The Hall–Kier alpha value is -1.51.